The highest BCUT2D eigenvalue weighted by molar-refractivity contribution is 9.10. The van der Waals surface area contributed by atoms with Gasteiger partial charge in [0.05, 0.1) is 12.8 Å². The average Bonchev–Trinajstić information content (AvgIpc) is 3.23. The van der Waals surface area contributed by atoms with Crippen LogP contribution in [0.25, 0.3) is 0 Å². The highest BCUT2D eigenvalue weighted by Crippen LogP contribution is 2.42. The van der Waals surface area contributed by atoms with Crippen LogP contribution in [0.1, 0.15) is 19.8 Å². The molecule has 4 heteroatoms. The Labute approximate surface area is 123 Å². The Hall–Kier alpha value is -0.740. The monoisotopic (exact) mass is 324 g/mol. The molecule has 0 aromatic heterocycles. The number of benzene rings is 1. The standard InChI is InChI=1S/C15H21BrN2O/c1-15(11-3-4-11)10-18(8-7-17-15)13-9-12(16)5-6-14(13)19-2/h5-6,9,11,17H,3-4,7-8,10H2,1-2H3. The van der Waals surface area contributed by atoms with Gasteiger partial charge in [-0.1, -0.05) is 15.9 Å². The first-order valence-electron chi connectivity index (χ1n) is 6.96. The Balaban J connectivity index is 1.86. The van der Waals surface area contributed by atoms with Gasteiger partial charge >= 0.3 is 0 Å². The molecule has 1 heterocycles. The molecule has 3 rings (SSSR count). The van der Waals surface area contributed by atoms with Crippen LogP contribution in [0.4, 0.5) is 5.69 Å². The van der Waals surface area contributed by atoms with Gasteiger partial charge in [0.1, 0.15) is 5.75 Å². The zero-order valence-corrected chi connectivity index (χ0v) is 13.2. The fraction of sp³-hybridized carbons (Fsp3) is 0.600. The summed E-state index contributed by atoms with van der Waals surface area (Å²) in [6, 6.07) is 6.23. The summed E-state index contributed by atoms with van der Waals surface area (Å²) in [5, 5.41) is 3.72. The topological polar surface area (TPSA) is 24.5 Å². The molecular formula is C15H21BrN2O. The third-order valence-corrected chi connectivity index (χ3v) is 4.88. The van der Waals surface area contributed by atoms with Gasteiger partial charge in [0, 0.05) is 29.6 Å². The van der Waals surface area contributed by atoms with Gasteiger partial charge in [0.25, 0.3) is 0 Å². The van der Waals surface area contributed by atoms with Gasteiger partial charge in [-0.2, -0.15) is 0 Å². The minimum atomic E-state index is 0.256. The van der Waals surface area contributed by atoms with Gasteiger partial charge < -0.3 is 15.0 Å². The first-order chi connectivity index (χ1) is 9.12. The predicted molar refractivity (Wildman–Crippen MR) is 82.0 cm³/mol. The number of methoxy groups -OCH3 is 1. The third-order valence-electron chi connectivity index (χ3n) is 4.39. The maximum absolute atomic E-state index is 5.51. The molecule has 2 aliphatic rings. The van der Waals surface area contributed by atoms with Crippen LogP contribution in [0.2, 0.25) is 0 Å². The van der Waals surface area contributed by atoms with Gasteiger partial charge in [-0.3, -0.25) is 0 Å². The number of hydrogen-bond donors (Lipinski definition) is 1. The Morgan fingerprint density at radius 2 is 2.21 bits per heavy atom. The highest BCUT2D eigenvalue weighted by Gasteiger charge is 2.44. The van der Waals surface area contributed by atoms with E-state index in [1.54, 1.807) is 7.11 Å². The van der Waals surface area contributed by atoms with E-state index in [9.17, 15) is 0 Å². The SMILES string of the molecule is COc1ccc(Br)cc1N1CCNC(C)(C2CC2)C1. The van der Waals surface area contributed by atoms with Gasteiger partial charge in [-0.25, -0.2) is 0 Å². The molecular weight excluding hydrogens is 304 g/mol. The first-order valence-corrected chi connectivity index (χ1v) is 7.75. The van der Waals surface area contributed by atoms with Crippen molar-refractivity contribution in [1.82, 2.24) is 5.32 Å². The minimum Gasteiger partial charge on any atom is -0.495 e. The lowest BCUT2D eigenvalue weighted by atomic mass is 9.92. The van der Waals surface area contributed by atoms with E-state index in [0.29, 0.717) is 0 Å². The van der Waals surface area contributed by atoms with E-state index in [2.05, 4.69) is 39.1 Å². The molecule has 0 spiro atoms. The second-order valence-electron chi connectivity index (χ2n) is 5.86. The number of nitrogens with zero attached hydrogens (tertiary/aromatic N) is 1. The quantitative estimate of drug-likeness (QED) is 0.924. The Morgan fingerprint density at radius 3 is 2.89 bits per heavy atom. The van der Waals surface area contributed by atoms with E-state index < -0.39 is 0 Å². The van der Waals surface area contributed by atoms with E-state index in [1.165, 1.54) is 18.5 Å². The number of piperazine rings is 1. The minimum absolute atomic E-state index is 0.256. The predicted octanol–water partition coefficient (Wildman–Crippen LogP) is 3.04. The molecule has 1 N–H and O–H groups in total. The van der Waals surface area contributed by atoms with Crippen LogP contribution < -0.4 is 15.0 Å². The number of hydrogen-bond acceptors (Lipinski definition) is 3. The molecule has 0 amide bonds. The van der Waals surface area contributed by atoms with Gasteiger partial charge in [0.2, 0.25) is 0 Å². The molecule has 3 nitrogen and oxygen atoms in total. The molecule has 1 aliphatic carbocycles. The summed E-state index contributed by atoms with van der Waals surface area (Å²) >= 11 is 3.56. The highest BCUT2D eigenvalue weighted by atomic mass is 79.9. The lowest BCUT2D eigenvalue weighted by Crippen LogP contribution is -2.60. The number of nitrogens with one attached hydrogen (secondary N) is 1. The van der Waals surface area contributed by atoms with Crippen molar-refractivity contribution in [3.63, 3.8) is 0 Å². The van der Waals surface area contributed by atoms with Crippen LogP contribution in [0, 0.1) is 5.92 Å². The average molecular weight is 325 g/mol. The molecule has 1 atom stereocenters. The second kappa shape index (κ2) is 4.98. The largest absolute Gasteiger partial charge is 0.495 e. The fourth-order valence-corrected chi connectivity index (χ4v) is 3.47. The van der Waals surface area contributed by atoms with Crippen LogP contribution in [0.5, 0.6) is 5.75 Å². The Bertz CT molecular complexity index is 475. The summed E-state index contributed by atoms with van der Waals surface area (Å²) in [4.78, 5) is 2.46. The summed E-state index contributed by atoms with van der Waals surface area (Å²) in [5.41, 5.74) is 1.45. The lowest BCUT2D eigenvalue weighted by Gasteiger charge is -2.43. The summed E-state index contributed by atoms with van der Waals surface area (Å²) in [6.07, 6.45) is 2.74. The molecule has 1 aliphatic heterocycles. The van der Waals surface area contributed by atoms with Crippen LogP contribution >= 0.6 is 15.9 Å². The van der Waals surface area contributed by atoms with Crippen LogP contribution in [0.3, 0.4) is 0 Å². The smallest absolute Gasteiger partial charge is 0.142 e. The van der Waals surface area contributed by atoms with Gasteiger partial charge in [-0.05, 0) is 43.9 Å². The molecule has 1 aromatic rings. The van der Waals surface area contributed by atoms with E-state index >= 15 is 0 Å². The van der Waals surface area contributed by atoms with E-state index in [1.807, 2.05) is 12.1 Å². The number of rotatable bonds is 3. The zero-order valence-electron chi connectivity index (χ0n) is 11.6. The molecule has 104 valence electrons. The van der Waals surface area contributed by atoms with E-state index in [-0.39, 0.29) is 5.54 Å². The number of halogens is 1. The summed E-state index contributed by atoms with van der Waals surface area (Å²) in [7, 11) is 1.75. The van der Waals surface area contributed by atoms with Crippen molar-refractivity contribution in [1.29, 1.82) is 0 Å². The third kappa shape index (κ3) is 2.61. The zero-order chi connectivity index (χ0) is 13.5. The summed E-state index contributed by atoms with van der Waals surface area (Å²) < 4.78 is 6.62. The van der Waals surface area contributed by atoms with Crippen molar-refractivity contribution >= 4 is 21.6 Å². The molecule has 1 unspecified atom stereocenters. The summed E-state index contributed by atoms with van der Waals surface area (Å²) in [5.74, 6) is 1.80. The van der Waals surface area contributed by atoms with Gasteiger partial charge in [-0.15, -0.1) is 0 Å². The summed E-state index contributed by atoms with van der Waals surface area (Å²) in [6.45, 7) is 5.50. The van der Waals surface area contributed by atoms with Crippen molar-refractivity contribution in [2.45, 2.75) is 25.3 Å². The van der Waals surface area contributed by atoms with E-state index in [4.69, 9.17) is 4.74 Å². The van der Waals surface area contributed by atoms with Crippen molar-refractivity contribution in [2.24, 2.45) is 5.92 Å². The maximum atomic E-state index is 5.51. The molecule has 2 fully saturated rings. The molecule has 19 heavy (non-hydrogen) atoms. The lowest BCUT2D eigenvalue weighted by molar-refractivity contribution is 0.284. The van der Waals surface area contributed by atoms with Crippen molar-refractivity contribution in [3.05, 3.63) is 22.7 Å². The number of ether oxygens (including phenoxy) is 1. The van der Waals surface area contributed by atoms with Crippen LogP contribution in [-0.4, -0.2) is 32.3 Å². The van der Waals surface area contributed by atoms with E-state index in [0.717, 1.165) is 35.8 Å². The molecule has 1 saturated carbocycles. The Morgan fingerprint density at radius 1 is 1.42 bits per heavy atom. The molecule has 1 saturated heterocycles. The van der Waals surface area contributed by atoms with Crippen molar-refractivity contribution in [3.8, 4) is 5.75 Å². The normalized spacial score (nSPS) is 27.4. The van der Waals surface area contributed by atoms with Crippen molar-refractivity contribution < 1.29 is 4.74 Å². The Kier molecular flexibility index (Phi) is 3.48. The second-order valence-corrected chi connectivity index (χ2v) is 6.77. The van der Waals surface area contributed by atoms with Crippen LogP contribution in [-0.2, 0) is 0 Å². The molecule has 1 aromatic carbocycles. The molecule has 0 bridgehead atoms. The number of anilines is 1. The van der Waals surface area contributed by atoms with Gasteiger partial charge in [0.15, 0.2) is 0 Å². The first kappa shape index (κ1) is 13.3. The molecule has 0 radical (unpaired) electrons. The maximum Gasteiger partial charge on any atom is 0.142 e. The van der Waals surface area contributed by atoms with Crippen molar-refractivity contribution in [2.75, 3.05) is 31.6 Å². The fourth-order valence-electron chi connectivity index (χ4n) is 3.12. The van der Waals surface area contributed by atoms with Crippen LogP contribution in [0.15, 0.2) is 22.7 Å².